The average molecular weight is 353 g/mol. The number of aryl methyl sites for hydroxylation is 1. The standard InChI is InChI=1S/C20H23N3O3/c1-3-22-17-11-7-8-12-18(17)23(20(22)25)13-19(24)21-16-10-6-5-9-15(16)14-26-4-2/h5-12H,3-4,13-14H2,1-2H3,(H,21,24). The van der Waals surface area contributed by atoms with Crippen molar-refractivity contribution >= 4 is 22.6 Å². The van der Waals surface area contributed by atoms with Crippen LogP contribution < -0.4 is 11.0 Å². The maximum Gasteiger partial charge on any atom is 0.329 e. The number of hydrogen-bond donors (Lipinski definition) is 1. The lowest BCUT2D eigenvalue weighted by atomic mass is 10.2. The molecule has 6 nitrogen and oxygen atoms in total. The Hall–Kier alpha value is -2.86. The van der Waals surface area contributed by atoms with Gasteiger partial charge in [-0.25, -0.2) is 4.79 Å². The lowest BCUT2D eigenvalue weighted by Gasteiger charge is -2.11. The first-order chi connectivity index (χ1) is 12.7. The smallest absolute Gasteiger partial charge is 0.329 e. The number of carbonyl (C=O) groups excluding carboxylic acids is 1. The first kappa shape index (κ1) is 17.9. The van der Waals surface area contributed by atoms with Gasteiger partial charge in [0.2, 0.25) is 5.91 Å². The second kappa shape index (κ2) is 8.01. The van der Waals surface area contributed by atoms with E-state index in [0.717, 1.165) is 16.6 Å². The molecule has 0 aliphatic heterocycles. The summed E-state index contributed by atoms with van der Waals surface area (Å²) in [6.45, 7) is 5.41. The van der Waals surface area contributed by atoms with Crippen molar-refractivity contribution in [1.29, 1.82) is 0 Å². The molecule has 3 aromatic rings. The topological polar surface area (TPSA) is 65.3 Å². The number of benzene rings is 2. The van der Waals surface area contributed by atoms with Crippen LogP contribution >= 0.6 is 0 Å². The van der Waals surface area contributed by atoms with E-state index in [1.54, 1.807) is 4.57 Å². The van der Waals surface area contributed by atoms with E-state index < -0.39 is 0 Å². The van der Waals surface area contributed by atoms with E-state index in [2.05, 4.69) is 5.32 Å². The Bertz CT molecular complexity index is 972. The molecule has 136 valence electrons. The van der Waals surface area contributed by atoms with Crippen LogP contribution in [0, 0.1) is 0 Å². The van der Waals surface area contributed by atoms with Gasteiger partial charge in [0.1, 0.15) is 6.54 Å². The van der Waals surface area contributed by atoms with Gasteiger partial charge < -0.3 is 10.1 Å². The van der Waals surface area contributed by atoms with Crippen molar-refractivity contribution in [1.82, 2.24) is 9.13 Å². The quantitative estimate of drug-likeness (QED) is 0.710. The van der Waals surface area contributed by atoms with Crippen LogP contribution in [0.1, 0.15) is 19.4 Å². The van der Waals surface area contributed by atoms with Crippen molar-refractivity contribution in [2.75, 3.05) is 11.9 Å². The van der Waals surface area contributed by atoms with Gasteiger partial charge in [-0.2, -0.15) is 0 Å². The molecule has 0 unspecified atom stereocenters. The second-order valence-corrected chi connectivity index (χ2v) is 5.94. The zero-order chi connectivity index (χ0) is 18.5. The Morgan fingerprint density at radius 2 is 1.65 bits per heavy atom. The summed E-state index contributed by atoms with van der Waals surface area (Å²) in [6, 6.07) is 15.0. The highest BCUT2D eigenvalue weighted by Crippen LogP contribution is 2.17. The average Bonchev–Trinajstić information content (AvgIpc) is 2.92. The van der Waals surface area contributed by atoms with Crippen molar-refractivity contribution in [2.45, 2.75) is 33.5 Å². The summed E-state index contributed by atoms with van der Waals surface area (Å²) in [7, 11) is 0. The number of rotatable bonds is 7. The highest BCUT2D eigenvalue weighted by atomic mass is 16.5. The minimum absolute atomic E-state index is 0.0324. The fraction of sp³-hybridized carbons (Fsp3) is 0.300. The van der Waals surface area contributed by atoms with Crippen LogP contribution in [0.5, 0.6) is 0 Å². The van der Waals surface area contributed by atoms with Crippen LogP contribution in [-0.4, -0.2) is 21.6 Å². The number of ether oxygens (including phenoxy) is 1. The molecule has 1 amide bonds. The molecule has 3 rings (SSSR count). The number of imidazole rings is 1. The van der Waals surface area contributed by atoms with E-state index in [4.69, 9.17) is 4.74 Å². The first-order valence-electron chi connectivity index (χ1n) is 8.79. The zero-order valence-electron chi connectivity index (χ0n) is 15.1. The predicted molar refractivity (Wildman–Crippen MR) is 102 cm³/mol. The predicted octanol–water partition coefficient (Wildman–Crippen LogP) is 3.00. The van der Waals surface area contributed by atoms with Gasteiger partial charge in [0.25, 0.3) is 0 Å². The molecule has 0 saturated carbocycles. The third kappa shape index (κ3) is 3.55. The van der Waals surface area contributed by atoms with Crippen molar-refractivity contribution in [3.63, 3.8) is 0 Å². The molecule has 0 bridgehead atoms. The van der Waals surface area contributed by atoms with E-state index in [1.165, 1.54) is 4.57 Å². The fourth-order valence-electron chi connectivity index (χ4n) is 3.04. The molecule has 0 aliphatic rings. The van der Waals surface area contributed by atoms with Gasteiger partial charge in [-0.1, -0.05) is 30.3 Å². The summed E-state index contributed by atoms with van der Waals surface area (Å²) in [5, 5.41) is 2.90. The number of anilines is 1. The Kier molecular flexibility index (Phi) is 5.53. The number of carbonyl (C=O) groups is 1. The van der Waals surface area contributed by atoms with Gasteiger partial charge in [-0.15, -0.1) is 0 Å². The largest absolute Gasteiger partial charge is 0.377 e. The Labute approximate surface area is 152 Å². The number of aromatic nitrogens is 2. The molecular weight excluding hydrogens is 330 g/mol. The van der Waals surface area contributed by atoms with Crippen LogP contribution in [0.2, 0.25) is 0 Å². The van der Waals surface area contributed by atoms with Crippen LogP contribution in [0.25, 0.3) is 11.0 Å². The molecule has 1 aromatic heterocycles. The zero-order valence-corrected chi connectivity index (χ0v) is 15.1. The van der Waals surface area contributed by atoms with Crippen LogP contribution in [-0.2, 0) is 29.2 Å². The maximum atomic E-state index is 12.6. The first-order valence-corrected chi connectivity index (χ1v) is 8.79. The normalized spacial score (nSPS) is 11.0. The maximum absolute atomic E-state index is 12.6. The Morgan fingerprint density at radius 3 is 2.35 bits per heavy atom. The number of nitrogens with one attached hydrogen (secondary N) is 1. The van der Waals surface area contributed by atoms with Gasteiger partial charge in [0.15, 0.2) is 0 Å². The molecule has 1 N–H and O–H groups in total. The summed E-state index contributed by atoms with van der Waals surface area (Å²) in [5.41, 5.74) is 3.04. The fourth-order valence-corrected chi connectivity index (χ4v) is 3.04. The molecule has 0 radical (unpaired) electrons. The van der Waals surface area contributed by atoms with Gasteiger partial charge in [0.05, 0.1) is 17.6 Å². The van der Waals surface area contributed by atoms with Gasteiger partial charge in [-0.05, 0) is 32.0 Å². The molecule has 6 heteroatoms. The summed E-state index contributed by atoms with van der Waals surface area (Å²) in [4.78, 5) is 25.2. The van der Waals surface area contributed by atoms with E-state index >= 15 is 0 Å². The molecule has 0 atom stereocenters. The lowest BCUT2D eigenvalue weighted by Crippen LogP contribution is -2.29. The van der Waals surface area contributed by atoms with Crippen molar-refractivity contribution in [3.05, 3.63) is 64.6 Å². The summed E-state index contributed by atoms with van der Waals surface area (Å²) >= 11 is 0. The van der Waals surface area contributed by atoms with E-state index in [-0.39, 0.29) is 18.1 Å². The van der Waals surface area contributed by atoms with Crippen molar-refractivity contribution in [2.24, 2.45) is 0 Å². The summed E-state index contributed by atoms with van der Waals surface area (Å²) < 4.78 is 8.63. The Balaban J connectivity index is 1.85. The van der Waals surface area contributed by atoms with E-state index in [9.17, 15) is 9.59 Å². The SMILES string of the molecule is CCOCc1ccccc1NC(=O)Cn1c(=O)n(CC)c2ccccc21. The third-order valence-corrected chi connectivity index (χ3v) is 4.30. The third-order valence-electron chi connectivity index (χ3n) is 4.30. The van der Waals surface area contributed by atoms with Crippen LogP contribution in [0.3, 0.4) is 0 Å². The number of fused-ring (bicyclic) bond motifs is 1. The molecule has 0 aliphatic carbocycles. The molecule has 0 spiro atoms. The second-order valence-electron chi connectivity index (χ2n) is 5.94. The highest BCUT2D eigenvalue weighted by molar-refractivity contribution is 5.92. The van der Waals surface area contributed by atoms with E-state index in [1.807, 2.05) is 62.4 Å². The highest BCUT2D eigenvalue weighted by Gasteiger charge is 2.15. The van der Waals surface area contributed by atoms with E-state index in [0.29, 0.717) is 25.4 Å². The monoisotopic (exact) mass is 353 g/mol. The molecule has 26 heavy (non-hydrogen) atoms. The Morgan fingerprint density at radius 1 is 1.00 bits per heavy atom. The molecule has 0 fully saturated rings. The minimum atomic E-state index is -0.241. The molecule has 1 heterocycles. The number of hydrogen-bond acceptors (Lipinski definition) is 3. The molecule has 0 saturated heterocycles. The summed E-state index contributed by atoms with van der Waals surface area (Å²) in [6.07, 6.45) is 0. The molecule has 2 aromatic carbocycles. The van der Waals surface area contributed by atoms with Crippen LogP contribution in [0.4, 0.5) is 5.69 Å². The number of amides is 1. The number of nitrogens with zero attached hydrogens (tertiary/aromatic N) is 2. The number of para-hydroxylation sites is 3. The van der Waals surface area contributed by atoms with Gasteiger partial charge in [0, 0.05) is 24.4 Å². The lowest BCUT2D eigenvalue weighted by molar-refractivity contribution is -0.116. The molecular formula is C20H23N3O3. The minimum Gasteiger partial charge on any atom is -0.377 e. The summed E-state index contributed by atoms with van der Waals surface area (Å²) in [5.74, 6) is -0.241. The van der Waals surface area contributed by atoms with Crippen molar-refractivity contribution in [3.8, 4) is 0 Å². The van der Waals surface area contributed by atoms with Gasteiger partial charge in [-0.3, -0.25) is 13.9 Å². The van der Waals surface area contributed by atoms with Crippen molar-refractivity contribution < 1.29 is 9.53 Å². The van der Waals surface area contributed by atoms with Crippen LogP contribution in [0.15, 0.2) is 53.3 Å². The van der Waals surface area contributed by atoms with Gasteiger partial charge >= 0.3 is 5.69 Å².